The summed E-state index contributed by atoms with van der Waals surface area (Å²) in [5.74, 6) is 0.533. The van der Waals surface area contributed by atoms with Gasteiger partial charge in [0, 0.05) is 11.3 Å². The SMILES string of the molecule is COc1ccc(NCC(=O)NN=Cc2ccoc2)cc1. The van der Waals surface area contributed by atoms with Crippen LogP contribution < -0.4 is 15.5 Å². The summed E-state index contributed by atoms with van der Waals surface area (Å²) in [5, 5.41) is 6.79. The second-order valence-corrected chi connectivity index (χ2v) is 3.93. The molecule has 2 aromatic rings. The first-order valence-electron chi connectivity index (χ1n) is 6.00. The Morgan fingerprint density at radius 2 is 2.15 bits per heavy atom. The summed E-state index contributed by atoms with van der Waals surface area (Å²) in [6.07, 6.45) is 4.58. The second kappa shape index (κ2) is 6.98. The number of carbonyl (C=O) groups excluding carboxylic acids is 1. The van der Waals surface area contributed by atoms with Crippen molar-refractivity contribution in [1.82, 2.24) is 5.43 Å². The van der Waals surface area contributed by atoms with Gasteiger partial charge in [-0.15, -0.1) is 0 Å². The zero-order valence-corrected chi connectivity index (χ0v) is 11.0. The number of benzene rings is 1. The van der Waals surface area contributed by atoms with E-state index in [1.807, 2.05) is 24.3 Å². The maximum atomic E-state index is 11.5. The summed E-state index contributed by atoms with van der Waals surface area (Å²) in [4.78, 5) is 11.5. The van der Waals surface area contributed by atoms with Crippen molar-refractivity contribution < 1.29 is 13.9 Å². The molecule has 0 bridgehead atoms. The minimum Gasteiger partial charge on any atom is -0.497 e. The van der Waals surface area contributed by atoms with Gasteiger partial charge in [0.2, 0.25) is 0 Å². The molecule has 2 rings (SSSR count). The van der Waals surface area contributed by atoms with E-state index in [4.69, 9.17) is 9.15 Å². The highest BCUT2D eigenvalue weighted by molar-refractivity contribution is 5.83. The Kier molecular flexibility index (Phi) is 4.77. The molecule has 1 amide bonds. The molecular weight excluding hydrogens is 258 g/mol. The number of hydrogen-bond acceptors (Lipinski definition) is 5. The van der Waals surface area contributed by atoms with Gasteiger partial charge in [0.15, 0.2) is 0 Å². The van der Waals surface area contributed by atoms with Crippen molar-refractivity contribution in [3.05, 3.63) is 48.4 Å². The Bertz CT molecular complexity index is 562. The molecule has 1 aromatic carbocycles. The van der Waals surface area contributed by atoms with Crippen molar-refractivity contribution in [2.24, 2.45) is 5.10 Å². The topological polar surface area (TPSA) is 75.9 Å². The number of anilines is 1. The summed E-state index contributed by atoms with van der Waals surface area (Å²) < 4.78 is 9.92. The van der Waals surface area contributed by atoms with E-state index >= 15 is 0 Å². The maximum absolute atomic E-state index is 11.5. The zero-order chi connectivity index (χ0) is 14.2. The Hall–Kier alpha value is -2.76. The Morgan fingerprint density at radius 3 is 2.80 bits per heavy atom. The normalized spacial score (nSPS) is 10.4. The van der Waals surface area contributed by atoms with Crippen molar-refractivity contribution in [1.29, 1.82) is 0 Å². The number of methoxy groups -OCH3 is 1. The van der Waals surface area contributed by atoms with Crippen LogP contribution in [-0.2, 0) is 4.79 Å². The van der Waals surface area contributed by atoms with Gasteiger partial charge in [-0.25, -0.2) is 5.43 Å². The van der Waals surface area contributed by atoms with Crippen molar-refractivity contribution in [3.63, 3.8) is 0 Å². The molecule has 1 aromatic heterocycles. The lowest BCUT2D eigenvalue weighted by Gasteiger charge is -2.06. The standard InChI is InChI=1S/C14H15N3O3/c1-19-13-4-2-12(3-5-13)15-9-14(18)17-16-8-11-6-7-20-10-11/h2-8,10,15H,9H2,1H3,(H,17,18). The van der Waals surface area contributed by atoms with Crippen LogP contribution in [0.2, 0.25) is 0 Å². The van der Waals surface area contributed by atoms with E-state index in [0.29, 0.717) is 0 Å². The van der Waals surface area contributed by atoms with Crippen molar-refractivity contribution in [2.75, 3.05) is 19.0 Å². The number of hydrazone groups is 1. The average Bonchev–Trinajstić information content (AvgIpc) is 2.99. The Morgan fingerprint density at radius 1 is 1.35 bits per heavy atom. The molecule has 0 saturated heterocycles. The van der Waals surface area contributed by atoms with Gasteiger partial charge in [-0.3, -0.25) is 4.79 Å². The van der Waals surface area contributed by atoms with Crippen LogP contribution in [0.5, 0.6) is 5.75 Å². The van der Waals surface area contributed by atoms with Gasteiger partial charge in [0.1, 0.15) is 5.75 Å². The molecule has 0 aliphatic carbocycles. The van der Waals surface area contributed by atoms with E-state index in [0.717, 1.165) is 17.0 Å². The lowest BCUT2D eigenvalue weighted by molar-refractivity contribution is -0.119. The van der Waals surface area contributed by atoms with Crippen LogP contribution in [0, 0.1) is 0 Å². The molecule has 2 N–H and O–H groups in total. The minimum absolute atomic E-state index is 0.134. The molecule has 1 heterocycles. The third-order valence-corrected chi connectivity index (χ3v) is 2.49. The van der Waals surface area contributed by atoms with Crippen LogP contribution >= 0.6 is 0 Å². The molecule has 0 aliphatic rings. The lowest BCUT2D eigenvalue weighted by atomic mass is 10.3. The molecule has 0 atom stereocenters. The van der Waals surface area contributed by atoms with Gasteiger partial charge in [-0.05, 0) is 30.3 Å². The molecule has 0 saturated carbocycles. The largest absolute Gasteiger partial charge is 0.497 e. The summed E-state index contributed by atoms with van der Waals surface area (Å²) in [6, 6.07) is 9.04. The van der Waals surface area contributed by atoms with Crippen LogP contribution in [0.3, 0.4) is 0 Å². The van der Waals surface area contributed by atoms with Gasteiger partial charge in [-0.1, -0.05) is 0 Å². The first-order valence-corrected chi connectivity index (χ1v) is 6.00. The molecule has 0 unspecified atom stereocenters. The monoisotopic (exact) mass is 273 g/mol. The van der Waals surface area contributed by atoms with E-state index < -0.39 is 0 Å². The third kappa shape index (κ3) is 4.16. The van der Waals surface area contributed by atoms with Crippen LogP contribution in [-0.4, -0.2) is 25.8 Å². The highest BCUT2D eigenvalue weighted by Gasteiger charge is 1.99. The fourth-order valence-corrected chi connectivity index (χ4v) is 1.46. The second-order valence-electron chi connectivity index (χ2n) is 3.93. The third-order valence-electron chi connectivity index (χ3n) is 2.49. The molecule has 0 spiro atoms. The van der Waals surface area contributed by atoms with Gasteiger partial charge in [-0.2, -0.15) is 5.10 Å². The van der Waals surface area contributed by atoms with Gasteiger partial charge in [0.05, 0.1) is 32.4 Å². The molecule has 6 heteroatoms. The highest BCUT2D eigenvalue weighted by Crippen LogP contribution is 2.14. The van der Waals surface area contributed by atoms with Crippen LogP contribution in [0.15, 0.2) is 52.4 Å². The maximum Gasteiger partial charge on any atom is 0.259 e. The van der Waals surface area contributed by atoms with Gasteiger partial charge < -0.3 is 14.5 Å². The zero-order valence-electron chi connectivity index (χ0n) is 11.0. The number of ether oxygens (including phenoxy) is 1. The fourth-order valence-electron chi connectivity index (χ4n) is 1.46. The first kappa shape index (κ1) is 13.7. The molecule has 0 radical (unpaired) electrons. The predicted molar refractivity (Wildman–Crippen MR) is 75.9 cm³/mol. The highest BCUT2D eigenvalue weighted by atomic mass is 16.5. The summed E-state index contributed by atoms with van der Waals surface area (Å²) >= 11 is 0. The molecule has 20 heavy (non-hydrogen) atoms. The van der Waals surface area contributed by atoms with Crippen LogP contribution in [0.4, 0.5) is 5.69 Å². The predicted octanol–water partition coefficient (Wildman–Crippen LogP) is 1.85. The molecule has 104 valence electrons. The first-order chi connectivity index (χ1) is 9.78. The Balaban J connectivity index is 1.74. The van der Waals surface area contributed by atoms with Gasteiger partial charge in [0.25, 0.3) is 5.91 Å². The fraction of sp³-hybridized carbons (Fsp3) is 0.143. The lowest BCUT2D eigenvalue weighted by Crippen LogP contribution is -2.25. The number of amides is 1. The molecule has 6 nitrogen and oxygen atoms in total. The van der Waals surface area contributed by atoms with E-state index in [1.165, 1.54) is 18.7 Å². The van der Waals surface area contributed by atoms with Crippen molar-refractivity contribution in [3.8, 4) is 5.75 Å². The van der Waals surface area contributed by atoms with E-state index in [-0.39, 0.29) is 12.5 Å². The number of hydrogen-bond donors (Lipinski definition) is 2. The van der Waals surface area contributed by atoms with E-state index in [1.54, 1.807) is 13.2 Å². The van der Waals surface area contributed by atoms with Crippen molar-refractivity contribution >= 4 is 17.8 Å². The average molecular weight is 273 g/mol. The smallest absolute Gasteiger partial charge is 0.259 e. The molecular formula is C14H15N3O3. The quantitative estimate of drug-likeness (QED) is 0.622. The van der Waals surface area contributed by atoms with Crippen molar-refractivity contribution in [2.45, 2.75) is 0 Å². The minimum atomic E-state index is -0.236. The summed E-state index contributed by atoms with van der Waals surface area (Å²) in [6.45, 7) is 0.134. The number of nitrogens with one attached hydrogen (secondary N) is 2. The molecule has 0 aliphatic heterocycles. The van der Waals surface area contributed by atoms with Gasteiger partial charge >= 0.3 is 0 Å². The van der Waals surface area contributed by atoms with Crippen LogP contribution in [0.25, 0.3) is 0 Å². The van der Waals surface area contributed by atoms with E-state index in [2.05, 4.69) is 15.8 Å². The number of furan rings is 1. The summed E-state index contributed by atoms with van der Waals surface area (Å²) in [7, 11) is 1.61. The van der Waals surface area contributed by atoms with E-state index in [9.17, 15) is 4.79 Å². The number of nitrogens with zero attached hydrogens (tertiary/aromatic N) is 1. The van der Waals surface area contributed by atoms with Crippen LogP contribution in [0.1, 0.15) is 5.56 Å². The summed E-state index contributed by atoms with van der Waals surface area (Å²) in [5.41, 5.74) is 4.03. The number of carbonyl (C=O) groups is 1. The molecule has 0 fully saturated rings. The Labute approximate surface area is 116 Å². The number of rotatable bonds is 6.